The molecule has 2 aromatic rings. The topological polar surface area (TPSA) is 52.1 Å². The first kappa shape index (κ1) is 11.3. The van der Waals surface area contributed by atoms with Crippen molar-refractivity contribution in [2.24, 2.45) is 0 Å². The first-order valence-electron chi connectivity index (χ1n) is 5.21. The van der Waals surface area contributed by atoms with Crippen LogP contribution in [0.2, 0.25) is 0 Å². The number of hydrogen-bond acceptors (Lipinski definition) is 4. The zero-order valence-electron chi connectivity index (χ0n) is 9.46. The van der Waals surface area contributed by atoms with E-state index >= 15 is 0 Å². The zero-order valence-corrected chi connectivity index (χ0v) is 9.46. The van der Waals surface area contributed by atoms with Gasteiger partial charge in [-0.1, -0.05) is 12.1 Å². The molecule has 0 bridgehead atoms. The molecule has 0 saturated carbocycles. The van der Waals surface area contributed by atoms with Crippen LogP contribution in [0.25, 0.3) is 0 Å². The van der Waals surface area contributed by atoms with Gasteiger partial charge in [0.05, 0.1) is 12.7 Å². The van der Waals surface area contributed by atoms with Crippen LogP contribution in [0.1, 0.15) is 21.7 Å². The molecule has 0 unspecified atom stereocenters. The maximum absolute atomic E-state index is 10.5. The Hall–Kier alpha value is -2.23. The lowest BCUT2D eigenvalue weighted by Gasteiger charge is -2.02. The number of rotatable bonds is 4. The molecule has 0 aliphatic heterocycles. The van der Waals surface area contributed by atoms with Gasteiger partial charge in [-0.3, -0.25) is 4.79 Å². The highest BCUT2D eigenvalue weighted by atomic mass is 16.5. The summed E-state index contributed by atoms with van der Waals surface area (Å²) in [7, 11) is 1.64. The fourth-order valence-electron chi connectivity index (χ4n) is 1.44. The minimum Gasteiger partial charge on any atom is -0.497 e. The minimum atomic E-state index is 0.489. The molecule has 4 heteroatoms. The van der Waals surface area contributed by atoms with E-state index < -0.39 is 0 Å². The van der Waals surface area contributed by atoms with Crippen LogP contribution < -0.4 is 4.74 Å². The number of benzene rings is 1. The van der Waals surface area contributed by atoms with Crippen LogP contribution in [-0.4, -0.2) is 23.4 Å². The van der Waals surface area contributed by atoms with Gasteiger partial charge in [-0.25, -0.2) is 9.97 Å². The molecule has 0 N–H and O–H groups in total. The Kier molecular flexibility index (Phi) is 3.45. The van der Waals surface area contributed by atoms with Crippen molar-refractivity contribution in [3.05, 3.63) is 53.6 Å². The molecule has 2 rings (SSSR count). The number of nitrogens with zero attached hydrogens (tertiary/aromatic N) is 2. The van der Waals surface area contributed by atoms with Crippen molar-refractivity contribution in [2.45, 2.75) is 6.42 Å². The molecule has 1 heterocycles. The standard InChI is InChI=1S/C13H12N2O2/c1-17-12-4-2-10(3-5-12)6-13-14-7-11(9-16)8-15-13/h2-5,7-9H,6H2,1H3. The van der Waals surface area contributed by atoms with Crippen molar-refractivity contribution in [1.29, 1.82) is 0 Å². The molecule has 1 aromatic carbocycles. The fraction of sp³-hybridized carbons (Fsp3) is 0.154. The van der Waals surface area contributed by atoms with Crippen LogP contribution in [0.4, 0.5) is 0 Å². The summed E-state index contributed by atoms with van der Waals surface area (Å²) in [4.78, 5) is 18.7. The van der Waals surface area contributed by atoms with Gasteiger partial charge in [-0.2, -0.15) is 0 Å². The van der Waals surface area contributed by atoms with Gasteiger partial charge in [0.15, 0.2) is 6.29 Å². The van der Waals surface area contributed by atoms with Crippen LogP contribution in [0.5, 0.6) is 5.75 Å². The molecule has 0 radical (unpaired) electrons. The molecule has 4 nitrogen and oxygen atoms in total. The largest absolute Gasteiger partial charge is 0.497 e. The van der Waals surface area contributed by atoms with Crippen LogP contribution >= 0.6 is 0 Å². The third-order valence-corrected chi connectivity index (χ3v) is 2.38. The summed E-state index contributed by atoms with van der Waals surface area (Å²) in [5, 5.41) is 0. The minimum absolute atomic E-state index is 0.489. The molecule has 1 aromatic heterocycles. The highest BCUT2D eigenvalue weighted by molar-refractivity contribution is 5.73. The van der Waals surface area contributed by atoms with Gasteiger partial charge >= 0.3 is 0 Å². The monoisotopic (exact) mass is 228 g/mol. The van der Waals surface area contributed by atoms with Gasteiger partial charge < -0.3 is 4.74 Å². The van der Waals surface area contributed by atoms with Gasteiger partial charge in [0.25, 0.3) is 0 Å². The lowest BCUT2D eigenvalue weighted by atomic mass is 10.1. The van der Waals surface area contributed by atoms with Crippen molar-refractivity contribution in [1.82, 2.24) is 9.97 Å². The average molecular weight is 228 g/mol. The summed E-state index contributed by atoms with van der Waals surface area (Å²) in [5.74, 6) is 1.52. The lowest BCUT2D eigenvalue weighted by molar-refractivity contribution is 0.112. The van der Waals surface area contributed by atoms with Crippen molar-refractivity contribution in [3.63, 3.8) is 0 Å². The maximum Gasteiger partial charge on any atom is 0.153 e. The fourth-order valence-corrected chi connectivity index (χ4v) is 1.44. The van der Waals surface area contributed by atoms with Gasteiger partial charge in [0, 0.05) is 18.8 Å². The van der Waals surface area contributed by atoms with E-state index in [1.165, 1.54) is 12.4 Å². The third kappa shape index (κ3) is 2.87. The second-order valence-corrected chi connectivity index (χ2v) is 3.58. The number of aromatic nitrogens is 2. The van der Waals surface area contributed by atoms with Crippen LogP contribution in [-0.2, 0) is 6.42 Å². The molecule has 0 saturated heterocycles. The maximum atomic E-state index is 10.5. The van der Waals surface area contributed by atoms with E-state index in [-0.39, 0.29) is 0 Å². The van der Waals surface area contributed by atoms with Gasteiger partial charge in [-0.15, -0.1) is 0 Å². The zero-order chi connectivity index (χ0) is 12.1. The predicted molar refractivity (Wildman–Crippen MR) is 63.2 cm³/mol. The SMILES string of the molecule is COc1ccc(Cc2ncc(C=O)cn2)cc1. The van der Waals surface area contributed by atoms with Crippen molar-refractivity contribution >= 4 is 6.29 Å². The Labute approximate surface area is 99.3 Å². The van der Waals surface area contributed by atoms with Crippen molar-refractivity contribution in [3.8, 4) is 5.75 Å². The molecule has 0 aliphatic carbocycles. The van der Waals surface area contributed by atoms with Crippen LogP contribution in [0.15, 0.2) is 36.7 Å². The Morgan fingerprint density at radius 2 is 1.82 bits per heavy atom. The van der Waals surface area contributed by atoms with Crippen LogP contribution in [0.3, 0.4) is 0 Å². The second kappa shape index (κ2) is 5.21. The van der Waals surface area contributed by atoms with Crippen molar-refractivity contribution in [2.75, 3.05) is 7.11 Å². The predicted octanol–water partition coefficient (Wildman–Crippen LogP) is 1.89. The number of hydrogen-bond donors (Lipinski definition) is 0. The molecule has 0 atom stereocenters. The highest BCUT2D eigenvalue weighted by Crippen LogP contribution is 2.13. The Morgan fingerprint density at radius 1 is 1.18 bits per heavy atom. The van der Waals surface area contributed by atoms with Gasteiger partial charge in [0.1, 0.15) is 11.6 Å². The smallest absolute Gasteiger partial charge is 0.153 e. The Balaban J connectivity index is 2.10. The Morgan fingerprint density at radius 3 is 2.35 bits per heavy atom. The van der Waals surface area contributed by atoms with Crippen molar-refractivity contribution < 1.29 is 9.53 Å². The van der Waals surface area contributed by atoms with E-state index in [0.29, 0.717) is 17.8 Å². The summed E-state index contributed by atoms with van der Waals surface area (Å²) < 4.78 is 5.08. The second-order valence-electron chi connectivity index (χ2n) is 3.58. The summed E-state index contributed by atoms with van der Waals surface area (Å²) >= 11 is 0. The van der Waals surface area contributed by atoms with E-state index in [4.69, 9.17) is 4.74 Å². The third-order valence-electron chi connectivity index (χ3n) is 2.38. The molecule has 0 amide bonds. The summed E-state index contributed by atoms with van der Waals surface area (Å²) in [6.07, 6.45) is 4.43. The number of carbonyl (C=O) groups excluding carboxylic acids is 1. The number of aldehydes is 1. The van der Waals surface area contributed by atoms with E-state index in [0.717, 1.165) is 17.6 Å². The van der Waals surface area contributed by atoms with E-state index in [1.54, 1.807) is 7.11 Å². The Bertz CT molecular complexity index is 492. The molecule has 0 aliphatic rings. The van der Waals surface area contributed by atoms with E-state index in [1.807, 2.05) is 24.3 Å². The molecule has 0 fully saturated rings. The molecule has 86 valence electrons. The molecule has 0 spiro atoms. The highest BCUT2D eigenvalue weighted by Gasteiger charge is 2.00. The first-order valence-corrected chi connectivity index (χ1v) is 5.21. The van der Waals surface area contributed by atoms with E-state index in [2.05, 4.69) is 9.97 Å². The number of carbonyl (C=O) groups is 1. The number of ether oxygens (including phenoxy) is 1. The first-order chi connectivity index (χ1) is 8.31. The molecule has 17 heavy (non-hydrogen) atoms. The van der Waals surface area contributed by atoms with Gasteiger partial charge in [-0.05, 0) is 17.7 Å². The molecular weight excluding hydrogens is 216 g/mol. The van der Waals surface area contributed by atoms with Crippen LogP contribution in [0, 0.1) is 0 Å². The summed E-state index contributed by atoms with van der Waals surface area (Å²) in [6, 6.07) is 7.73. The average Bonchev–Trinajstić information content (AvgIpc) is 2.40. The summed E-state index contributed by atoms with van der Waals surface area (Å²) in [5.41, 5.74) is 1.59. The summed E-state index contributed by atoms with van der Waals surface area (Å²) in [6.45, 7) is 0. The van der Waals surface area contributed by atoms with E-state index in [9.17, 15) is 4.79 Å². The normalized spacial score (nSPS) is 9.94. The lowest BCUT2D eigenvalue weighted by Crippen LogP contribution is -1.97. The van der Waals surface area contributed by atoms with Gasteiger partial charge in [0.2, 0.25) is 0 Å². The molecular formula is C13H12N2O2. The quantitative estimate of drug-likeness (QED) is 0.750. The number of methoxy groups -OCH3 is 1.